The molecule has 0 aliphatic carbocycles. The van der Waals surface area contributed by atoms with Crippen molar-refractivity contribution in [3.63, 3.8) is 0 Å². The lowest BCUT2D eigenvalue weighted by Crippen LogP contribution is -2.23. The van der Waals surface area contributed by atoms with Crippen LogP contribution in [0.15, 0.2) is 12.3 Å². The summed E-state index contributed by atoms with van der Waals surface area (Å²) in [6.45, 7) is 0.141. The number of carboxylic acid groups (broad SMARTS) is 1. The molecule has 1 atom stereocenters. The number of carboxylic acids is 1. The van der Waals surface area contributed by atoms with E-state index in [9.17, 15) is 4.79 Å². The van der Waals surface area contributed by atoms with Gasteiger partial charge in [0.15, 0.2) is 5.69 Å². The molecule has 76 valence electrons. The zero-order valence-electron chi connectivity index (χ0n) is 7.27. The first-order valence-corrected chi connectivity index (χ1v) is 4.28. The Hall–Kier alpha value is -1.17. The van der Waals surface area contributed by atoms with Gasteiger partial charge in [0.1, 0.15) is 0 Å². The predicted octanol–water partition coefficient (Wildman–Crippen LogP) is 0.392. The van der Waals surface area contributed by atoms with Crippen LogP contribution in [0.3, 0.4) is 0 Å². The molecule has 5 N–H and O–H groups in total. The highest BCUT2D eigenvalue weighted by Crippen LogP contribution is 2.18. The highest BCUT2D eigenvalue weighted by molar-refractivity contribution is 6.30. The molecule has 0 saturated heterocycles. The molecule has 5 nitrogen and oxygen atoms in total. The number of nitrogens with two attached hydrogens (primary N) is 2. The van der Waals surface area contributed by atoms with E-state index in [0.29, 0.717) is 10.6 Å². The van der Waals surface area contributed by atoms with Crippen LogP contribution in [0.2, 0.25) is 5.02 Å². The molecule has 0 fully saturated rings. The predicted molar refractivity (Wildman–Crippen MR) is 52.2 cm³/mol. The van der Waals surface area contributed by atoms with Crippen molar-refractivity contribution >= 4 is 17.6 Å². The second kappa shape index (κ2) is 4.36. The van der Waals surface area contributed by atoms with E-state index in [2.05, 4.69) is 4.98 Å². The van der Waals surface area contributed by atoms with Gasteiger partial charge in [0.05, 0.1) is 5.02 Å². The van der Waals surface area contributed by atoms with E-state index in [1.165, 1.54) is 12.3 Å². The molecular formula is C8H10ClN3O2. The third-order valence-electron chi connectivity index (χ3n) is 1.74. The fourth-order valence-corrected chi connectivity index (χ4v) is 1.21. The van der Waals surface area contributed by atoms with Crippen LogP contribution >= 0.6 is 11.6 Å². The molecule has 1 unspecified atom stereocenters. The molecule has 0 saturated carbocycles. The highest BCUT2D eigenvalue weighted by Gasteiger charge is 2.16. The Morgan fingerprint density at radius 3 is 2.86 bits per heavy atom. The van der Waals surface area contributed by atoms with E-state index in [4.69, 9.17) is 28.2 Å². The van der Waals surface area contributed by atoms with E-state index in [1.54, 1.807) is 0 Å². The summed E-state index contributed by atoms with van der Waals surface area (Å²) in [5.41, 5.74) is 11.2. The van der Waals surface area contributed by atoms with Gasteiger partial charge in [-0.15, -0.1) is 0 Å². The van der Waals surface area contributed by atoms with Gasteiger partial charge in [0.2, 0.25) is 0 Å². The lowest BCUT2D eigenvalue weighted by atomic mass is 10.1. The monoisotopic (exact) mass is 215 g/mol. The Morgan fingerprint density at radius 2 is 2.36 bits per heavy atom. The number of aromatic nitrogens is 1. The first-order chi connectivity index (χ1) is 6.56. The van der Waals surface area contributed by atoms with Gasteiger partial charge in [-0.05, 0) is 6.07 Å². The lowest BCUT2D eigenvalue weighted by Gasteiger charge is -2.11. The maximum Gasteiger partial charge on any atom is 0.354 e. The maximum absolute atomic E-state index is 10.8. The first kappa shape index (κ1) is 10.9. The van der Waals surface area contributed by atoms with Gasteiger partial charge in [0.25, 0.3) is 0 Å². The minimum atomic E-state index is -1.14. The van der Waals surface area contributed by atoms with Crippen molar-refractivity contribution in [3.8, 4) is 0 Å². The van der Waals surface area contributed by atoms with Crippen molar-refractivity contribution in [2.24, 2.45) is 11.5 Å². The van der Waals surface area contributed by atoms with Crippen LogP contribution in [-0.4, -0.2) is 22.6 Å². The van der Waals surface area contributed by atoms with Crippen molar-refractivity contribution in [1.82, 2.24) is 4.98 Å². The fraction of sp³-hybridized carbons (Fsp3) is 0.250. The summed E-state index contributed by atoms with van der Waals surface area (Å²) < 4.78 is 0. The Bertz CT molecular complexity index is 356. The topological polar surface area (TPSA) is 102 Å². The second-order valence-electron chi connectivity index (χ2n) is 2.74. The molecular weight excluding hydrogens is 206 g/mol. The minimum Gasteiger partial charge on any atom is -0.477 e. The lowest BCUT2D eigenvalue weighted by molar-refractivity contribution is 0.0688. The molecule has 0 aliphatic heterocycles. The first-order valence-electron chi connectivity index (χ1n) is 3.90. The number of pyridine rings is 1. The maximum atomic E-state index is 10.8. The van der Waals surface area contributed by atoms with Gasteiger partial charge in [-0.2, -0.15) is 0 Å². The van der Waals surface area contributed by atoms with Gasteiger partial charge in [-0.3, -0.25) is 0 Å². The molecule has 0 spiro atoms. The molecule has 0 radical (unpaired) electrons. The minimum absolute atomic E-state index is 0.104. The van der Waals surface area contributed by atoms with E-state index in [0.717, 1.165) is 0 Å². The fourth-order valence-electron chi connectivity index (χ4n) is 1.04. The molecule has 0 aliphatic rings. The van der Waals surface area contributed by atoms with E-state index >= 15 is 0 Å². The van der Waals surface area contributed by atoms with Gasteiger partial charge in [-0.25, -0.2) is 9.78 Å². The van der Waals surface area contributed by atoms with Crippen LogP contribution in [0, 0.1) is 0 Å². The Kier molecular flexibility index (Phi) is 3.40. The molecule has 0 amide bonds. The zero-order chi connectivity index (χ0) is 10.7. The number of hydrogen-bond donors (Lipinski definition) is 3. The number of aromatic carboxylic acids is 1. The standard InChI is InChI=1S/C8H10ClN3O2/c9-4-1-5(6(11)2-10)7(8(13)14)12-3-4/h1,3,6H,2,10-11H2,(H,13,14). The van der Waals surface area contributed by atoms with Crippen molar-refractivity contribution in [3.05, 3.63) is 28.5 Å². The van der Waals surface area contributed by atoms with Crippen molar-refractivity contribution in [2.75, 3.05) is 6.54 Å². The molecule has 1 heterocycles. The second-order valence-corrected chi connectivity index (χ2v) is 3.18. The zero-order valence-corrected chi connectivity index (χ0v) is 8.03. The molecule has 0 bridgehead atoms. The van der Waals surface area contributed by atoms with Crippen LogP contribution in [0.1, 0.15) is 22.1 Å². The molecule has 1 aromatic heterocycles. The summed E-state index contributed by atoms with van der Waals surface area (Å²) in [7, 11) is 0. The van der Waals surface area contributed by atoms with Gasteiger partial charge < -0.3 is 16.6 Å². The molecule has 1 rings (SSSR count). The average Bonchev–Trinajstić information content (AvgIpc) is 2.16. The number of carbonyl (C=O) groups is 1. The Labute approximate surface area is 85.7 Å². The largest absolute Gasteiger partial charge is 0.477 e. The van der Waals surface area contributed by atoms with Gasteiger partial charge in [-0.1, -0.05) is 11.6 Å². The van der Waals surface area contributed by atoms with Crippen molar-refractivity contribution < 1.29 is 9.90 Å². The summed E-state index contributed by atoms with van der Waals surface area (Å²) in [5.74, 6) is -1.14. The van der Waals surface area contributed by atoms with Crippen LogP contribution in [-0.2, 0) is 0 Å². The normalized spacial score (nSPS) is 12.5. The van der Waals surface area contributed by atoms with E-state index in [1.807, 2.05) is 0 Å². The summed E-state index contributed by atoms with van der Waals surface area (Å²) in [6.07, 6.45) is 1.26. The summed E-state index contributed by atoms with van der Waals surface area (Å²) >= 11 is 5.67. The average molecular weight is 216 g/mol. The third-order valence-corrected chi connectivity index (χ3v) is 1.95. The van der Waals surface area contributed by atoms with Crippen LogP contribution in [0.4, 0.5) is 0 Å². The third kappa shape index (κ3) is 2.20. The molecule has 1 aromatic rings. The number of nitrogens with zero attached hydrogens (tertiary/aromatic N) is 1. The SMILES string of the molecule is NCC(N)c1cc(Cl)cnc1C(=O)O. The van der Waals surface area contributed by atoms with Crippen molar-refractivity contribution in [2.45, 2.75) is 6.04 Å². The number of halogens is 1. The van der Waals surface area contributed by atoms with E-state index in [-0.39, 0.29) is 12.2 Å². The van der Waals surface area contributed by atoms with Crippen molar-refractivity contribution in [1.29, 1.82) is 0 Å². The number of hydrogen-bond acceptors (Lipinski definition) is 4. The Morgan fingerprint density at radius 1 is 1.71 bits per heavy atom. The molecule has 0 aromatic carbocycles. The summed E-state index contributed by atoms with van der Waals surface area (Å²) in [4.78, 5) is 14.4. The van der Waals surface area contributed by atoms with E-state index < -0.39 is 12.0 Å². The van der Waals surface area contributed by atoms with Gasteiger partial charge >= 0.3 is 5.97 Å². The van der Waals surface area contributed by atoms with Crippen LogP contribution in [0.5, 0.6) is 0 Å². The number of rotatable bonds is 3. The van der Waals surface area contributed by atoms with Gasteiger partial charge in [0, 0.05) is 24.3 Å². The smallest absolute Gasteiger partial charge is 0.354 e. The van der Waals surface area contributed by atoms with Crippen LogP contribution in [0.25, 0.3) is 0 Å². The summed E-state index contributed by atoms with van der Waals surface area (Å²) in [5, 5.41) is 9.14. The molecule has 6 heteroatoms. The van der Waals surface area contributed by atoms with Crippen LogP contribution < -0.4 is 11.5 Å². The quantitative estimate of drug-likeness (QED) is 0.677. The Balaban J connectivity index is 3.22. The highest BCUT2D eigenvalue weighted by atomic mass is 35.5. The molecule has 14 heavy (non-hydrogen) atoms. The summed E-state index contributed by atoms with van der Waals surface area (Å²) in [6, 6.07) is 0.905.